The summed E-state index contributed by atoms with van der Waals surface area (Å²) < 4.78 is 5.22. The number of anilines is 1. The summed E-state index contributed by atoms with van der Waals surface area (Å²) in [5.41, 5.74) is 1.15. The number of hydrogen-bond donors (Lipinski definition) is 1. The summed E-state index contributed by atoms with van der Waals surface area (Å²) in [6.45, 7) is 6.86. The van der Waals surface area contributed by atoms with Gasteiger partial charge in [0.15, 0.2) is 0 Å². The zero-order valence-electron chi connectivity index (χ0n) is 12.8. The Kier molecular flexibility index (Phi) is 4.50. The van der Waals surface area contributed by atoms with Gasteiger partial charge in [-0.1, -0.05) is 12.1 Å². The summed E-state index contributed by atoms with van der Waals surface area (Å²) >= 11 is 0. The molecule has 0 radical (unpaired) electrons. The Morgan fingerprint density at radius 1 is 1.38 bits per heavy atom. The Balaban J connectivity index is 1.97. The summed E-state index contributed by atoms with van der Waals surface area (Å²) in [6.07, 6.45) is 1.08. The van der Waals surface area contributed by atoms with Gasteiger partial charge < -0.3 is 9.64 Å². The van der Waals surface area contributed by atoms with Crippen molar-refractivity contribution < 1.29 is 14.3 Å². The van der Waals surface area contributed by atoms with Gasteiger partial charge in [0, 0.05) is 25.2 Å². The van der Waals surface area contributed by atoms with Crippen molar-refractivity contribution in [1.29, 1.82) is 0 Å². The molecule has 114 valence electrons. The Labute approximate surface area is 125 Å². The number of rotatable bonds is 3. The minimum atomic E-state index is -0.524. The lowest BCUT2D eigenvalue weighted by Crippen LogP contribution is -2.27. The molecule has 0 aromatic heterocycles. The summed E-state index contributed by atoms with van der Waals surface area (Å²) in [6, 6.07) is 7.49. The molecule has 0 atom stereocenters. The third-order valence-corrected chi connectivity index (χ3v) is 3.12. The number of ether oxygens (including phenoxy) is 1. The molecule has 1 N–H and O–H groups in total. The van der Waals surface area contributed by atoms with E-state index in [1.54, 1.807) is 6.07 Å². The molecule has 1 fully saturated rings. The van der Waals surface area contributed by atoms with Gasteiger partial charge in [0.05, 0.1) is 0 Å². The predicted octanol–water partition coefficient (Wildman–Crippen LogP) is 3.16. The summed E-state index contributed by atoms with van der Waals surface area (Å²) in [4.78, 5) is 25.2. The second-order valence-electron chi connectivity index (χ2n) is 6.25. The van der Waals surface area contributed by atoms with Gasteiger partial charge in [0.2, 0.25) is 5.91 Å². The fourth-order valence-corrected chi connectivity index (χ4v) is 2.26. The van der Waals surface area contributed by atoms with Gasteiger partial charge in [-0.15, -0.1) is 0 Å². The third kappa shape index (κ3) is 4.77. The summed E-state index contributed by atoms with van der Waals surface area (Å²) in [5, 5.41) is 2.71. The van der Waals surface area contributed by atoms with Crippen molar-refractivity contribution in [1.82, 2.24) is 4.90 Å². The number of amides is 2. The van der Waals surface area contributed by atoms with E-state index in [-0.39, 0.29) is 5.91 Å². The Morgan fingerprint density at radius 3 is 2.76 bits per heavy atom. The Bertz CT molecular complexity index is 535. The molecule has 2 amide bonds. The summed E-state index contributed by atoms with van der Waals surface area (Å²) in [5.74, 6) is 0.195. The lowest BCUT2D eigenvalue weighted by Gasteiger charge is -2.20. The van der Waals surface area contributed by atoms with Gasteiger partial charge in [-0.3, -0.25) is 10.1 Å². The zero-order chi connectivity index (χ0) is 15.5. The standard InChI is InChI=1S/C16H22N2O3/c1-16(2,3)21-15(20)17-13-7-4-6-12(10-13)11-18-9-5-8-14(18)19/h4,6-7,10H,5,8-9,11H2,1-3H3,(H,17,20). The number of likely N-dealkylation sites (tertiary alicyclic amines) is 1. The molecule has 0 spiro atoms. The fraction of sp³-hybridized carbons (Fsp3) is 0.500. The molecule has 1 aromatic carbocycles. The molecule has 1 aliphatic heterocycles. The average molecular weight is 290 g/mol. The van der Waals surface area contributed by atoms with Crippen LogP contribution >= 0.6 is 0 Å². The van der Waals surface area contributed by atoms with Gasteiger partial charge >= 0.3 is 6.09 Å². The van der Waals surface area contributed by atoms with Gasteiger partial charge in [-0.2, -0.15) is 0 Å². The molecule has 5 heteroatoms. The van der Waals surface area contributed by atoms with Crippen LogP contribution in [0.1, 0.15) is 39.2 Å². The predicted molar refractivity (Wildman–Crippen MR) is 80.9 cm³/mol. The van der Waals surface area contributed by atoms with Crippen molar-refractivity contribution in [2.45, 2.75) is 45.8 Å². The van der Waals surface area contributed by atoms with Gasteiger partial charge in [0.1, 0.15) is 5.60 Å². The molecule has 1 saturated heterocycles. The van der Waals surface area contributed by atoms with E-state index in [4.69, 9.17) is 4.74 Å². The highest BCUT2D eigenvalue weighted by atomic mass is 16.6. The molecular weight excluding hydrogens is 268 g/mol. The van der Waals surface area contributed by atoms with Crippen molar-refractivity contribution >= 4 is 17.7 Å². The second-order valence-corrected chi connectivity index (χ2v) is 6.25. The third-order valence-electron chi connectivity index (χ3n) is 3.12. The lowest BCUT2D eigenvalue weighted by atomic mass is 10.2. The number of carbonyl (C=O) groups excluding carboxylic acids is 2. The van der Waals surface area contributed by atoms with Crippen LogP contribution in [0, 0.1) is 0 Å². The number of benzene rings is 1. The molecular formula is C16H22N2O3. The van der Waals surface area contributed by atoms with Crippen LogP contribution in [0.25, 0.3) is 0 Å². The van der Waals surface area contributed by atoms with E-state index in [0.29, 0.717) is 18.7 Å². The van der Waals surface area contributed by atoms with Crippen molar-refractivity contribution in [3.63, 3.8) is 0 Å². The number of hydrogen-bond acceptors (Lipinski definition) is 3. The van der Waals surface area contributed by atoms with Crippen molar-refractivity contribution in [2.75, 3.05) is 11.9 Å². The number of carbonyl (C=O) groups is 2. The molecule has 2 rings (SSSR count). The van der Waals surface area contributed by atoms with Gasteiger partial charge in [-0.05, 0) is 44.9 Å². The molecule has 1 aromatic rings. The highest BCUT2D eigenvalue weighted by Gasteiger charge is 2.20. The first kappa shape index (κ1) is 15.4. The molecule has 0 saturated carbocycles. The van der Waals surface area contributed by atoms with E-state index >= 15 is 0 Å². The highest BCUT2D eigenvalue weighted by molar-refractivity contribution is 5.85. The van der Waals surface area contributed by atoms with Crippen LogP contribution in [0.4, 0.5) is 10.5 Å². The molecule has 1 heterocycles. The molecule has 0 unspecified atom stereocenters. The highest BCUT2D eigenvalue weighted by Crippen LogP contribution is 2.18. The maximum Gasteiger partial charge on any atom is 0.412 e. The SMILES string of the molecule is CC(C)(C)OC(=O)Nc1cccc(CN2CCCC2=O)c1. The second kappa shape index (κ2) is 6.16. The minimum absolute atomic E-state index is 0.195. The van der Waals surface area contributed by atoms with Crippen molar-refractivity contribution in [3.05, 3.63) is 29.8 Å². The van der Waals surface area contributed by atoms with Crippen molar-refractivity contribution in [2.24, 2.45) is 0 Å². The van der Waals surface area contributed by atoms with Gasteiger partial charge in [0.25, 0.3) is 0 Å². The Hall–Kier alpha value is -2.04. The number of nitrogens with one attached hydrogen (secondary N) is 1. The van der Waals surface area contributed by atoms with E-state index in [1.807, 2.05) is 43.9 Å². The van der Waals surface area contributed by atoms with E-state index in [2.05, 4.69) is 5.32 Å². The van der Waals surface area contributed by atoms with E-state index < -0.39 is 11.7 Å². The first-order valence-electron chi connectivity index (χ1n) is 7.20. The smallest absolute Gasteiger partial charge is 0.412 e. The average Bonchev–Trinajstić information content (AvgIpc) is 2.73. The first-order chi connectivity index (χ1) is 9.83. The van der Waals surface area contributed by atoms with Crippen LogP contribution in [0.5, 0.6) is 0 Å². The van der Waals surface area contributed by atoms with E-state index in [9.17, 15) is 9.59 Å². The van der Waals surface area contributed by atoms with Crippen LogP contribution in [0.3, 0.4) is 0 Å². The number of nitrogens with zero attached hydrogens (tertiary/aromatic N) is 1. The quantitative estimate of drug-likeness (QED) is 0.930. The molecule has 1 aliphatic rings. The molecule has 5 nitrogen and oxygen atoms in total. The Morgan fingerprint density at radius 2 is 2.14 bits per heavy atom. The largest absolute Gasteiger partial charge is 0.444 e. The molecule has 0 bridgehead atoms. The molecule has 21 heavy (non-hydrogen) atoms. The van der Waals surface area contributed by atoms with Crippen LogP contribution < -0.4 is 5.32 Å². The van der Waals surface area contributed by atoms with Gasteiger partial charge in [-0.25, -0.2) is 4.79 Å². The normalized spacial score (nSPS) is 15.2. The lowest BCUT2D eigenvalue weighted by molar-refractivity contribution is -0.128. The summed E-state index contributed by atoms with van der Waals surface area (Å²) in [7, 11) is 0. The minimum Gasteiger partial charge on any atom is -0.444 e. The van der Waals surface area contributed by atoms with Crippen LogP contribution in [0.15, 0.2) is 24.3 Å². The zero-order valence-corrected chi connectivity index (χ0v) is 12.8. The van der Waals surface area contributed by atoms with Crippen LogP contribution in [-0.2, 0) is 16.1 Å². The van der Waals surface area contributed by atoms with Crippen LogP contribution in [0.2, 0.25) is 0 Å². The van der Waals surface area contributed by atoms with Crippen molar-refractivity contribution in [3.8, 4) is 0 Å². The fourth-order valence-electron chi connectivity index (χ4n) is 2.26. The first-order valence-corrected chi connectivity index (χ1v) is 7.20. The topological polar surface area (TPSA) is 58.6 Å². The van der Waals surface area contributed by atoms with Crippen LogP contribution in [-0.4, -0.2) is 29.0 Å². The van der Waals surface area contributed by atoms with E-state index in [1.165, 1.54) is 0 Å². The maximum absolute atomic E-state index is 11.7. The molecule has 0 aliphatic carbocycles. The van der Waals surface area contributed by atoms with E-state index in [0.717, 1.165) is 18.5 Å². The maximum atomic E-state index is 11.7. The monoisotopic (exact) mass is 290 g/mol.